The first-order valence-corrected chi connectivity index (χ1v) is 10.2. The van der Waals surface area contributed by atoms with E-state index in [1.807, 2.05) is 30.5 Å². The number of pyridine rings is 1. The van der Waals surface area contributed by atoms with Crippen LogP contribution in [-0.2, 0) is 16.0 Å². The molecule has 4 rings (SSSR count). The summed E-state index contributed by atoms with van der Waals surface area (Å²) in [6.07, 6.45) is 4.39. The summed E-state index contributed by atoms with van der Waals surface area (Å²) >= 11 is 0. The molecular formula is C25H27N3O4. The lowest BCUT2D eigenvalue weighted by Gasteiger charge is -2.18. The van der Waals surface area contributed by atoms with Crippen molar-refractivity contribution in [1.82, 2.24) is 15.3 Å². The molecule has 0 spiro atoms. The highest BCUT2D eigenvalue weighted by molar-refractivity contribution is 6.03. The van der Waals surface area contributed by atoms with Gasteiger partial charge >= 0.3 is 5.97 Å². The second-order valence-electron chi connectivity index (χ2n) is 7.21. The first-order chi connectivity index (χ1) is 15.1. The van der Waals surface area contributed by atoms with Crippen LogP contribution in [0.1, 0.15) is 36.7 Å². The number of esters is 1. The van der Waals surface area contributed by atoms with Gasteiger partial charge in [-0.25, -0.2) is 4.79 Å². The average Bonchev–Trinajstić information content (AvgIpc) is 3.20. The Balaban J connectivity index is 0.00000289. The van der Waals surface area contributed by atoms with Crippen LogP contribution >= 0.6 is 0 Å². The molecule has 4 aromatic rings. The number of hydrogen-bond acceptors (Lipinski definition) is 5. The normalized spacial score (nSPS) is 11.7. The number of rotatable bonds is 7. The Morgan fingerprint density at radius 2 is 1.97 bits per heavy atom. The minimum Gasteiger partial charge on any atom is -0.505 e. The van der Waals surface area contributed by atoms with Gasteiger partial charge in [0.2, 0.25) is 0 Å². The van der Waals surface area contributed by atoms with Crippen LogP contribution in [0, 0.1) is 0 Å². The molecule has 2 aromatic carbocycles. The van der Waals surface area contributed by atoms with E-state index in [9.17, 15) is 14.7 Å². The molecule has 32 heavy (non-hydrogen) atoms. The van der Waals surface area contributed by atoms with Gasteiger partial charge in [-0.1, -0.05) is 37.8 Å². The summed E-state index contributed by atoms with van der Waals surface area (Å²) < 4.78 is 5.16. The zero-order valence-corrected chi connectivity index (χ0v) is 17.1. The third-order valence-electron chi connectivity index (χ3n) is 5.25. The summed E-state index contributed by atoms with van der Waals surface area (Å²) in [5.41, 5.74) is 2.47. The van der Waals surface area contributed by atoms with E-state index < -0.39 is 17.9 Å². The van der Waals surface area contributed by atoms with E-state index in [1.54, 1.807) is 31.3 Å². The van der Waals surface area contributed by atoms with E-state index >= 15 is 0 Å². The van der Waals surface area contributed by atoms with Gasteiger partial charge in [-0.15, -0.1) is 0 Å². The third kappa shape index (κ3) is 4.56. The molecule has 3 N–H and O–H groups in total. The van der Waals surface area contributed by atoms with Crippen molar-refractivity contribution in [2.75, 3.05) is 6.61 Å². The quantitative estimate of drug-likeness (QED) is 0.376. The number of aryl methyl sites for hydroxylation is 1. The van der Waals surface area contributed by atoms with Crippen LogP contribution in [0.3, 0.4) is 0 Å². The number of ether oxygens (including phenoxy) is 1. The third-order valence-corrected chi connectivity index (χ3v) is 5.25. The number of fused-ring (bicyclic) bond motifs is 2. The summed E-state index contributed by atoms with van der Waals surface area (Å²) in [7, 11) is 0. The van der Waals surface area contributed by atoms with E-state index in [0.717, 1.165) is 21.9 Å². The smallest absolute Gasteiger partial charge is 0.328 e. The van der Waals surface area contributed by atoms with Gasteiger partial charge in [0.25, 0.3) is 5.91 Å². The molecule has 1 atom stereocenters. The Kier molecular flexibility index (Phi) is 7.10. The summed E-state index contributed by atoms with van der Waals surface area (Å²) in [5.74, 6) is -1.27. The van der Waals surface area contributed by atoms with Gasteiger partial charge in [0.1, 0.15) is 11.6 Å². The van der Waals surface area contributed by atoms with Crippen LogP contribution in [-0.4, -0.2) is 39.6 Å². The zero-order valence-electron chi connectivity index (χ0n) is 17.1. The van der Waals surface area contributed by atoms with Crippen molar-refractivity contribution in [3.8, 4) is 5.75 Å². The molecule has 0 radical (unpaired) electrons. The number of carbonyl (C=O) groups is 2. The van der Waals surface area contributed by atoms with Crippen LogP contribution in [0.2, 0.25) is 0 Å². The van der Waals surface area contributed by atoms with Crippen molar-refractivity contribution in [1.29, 1.82) is 0 Å². The monoisotopic (exact) mass is 433 g/mol. The first-order valence-electron chi connectivity index (χ1n) is 10.2. The van der Waals surface area contributed by atoms with Crippen molar-refractivity contribution in [3.63, 3.8) is 0 Å². The fourth-order valence-electron chi connectivity index (χ4n) is 3.68. The summed E-state index contributed by atoms with van der Waals surface area (Å²) in [6.45, 7) is 1.93. The molecule has 0 fully saturated rings. The van der Waals surface area contributed by atoms with Gasteiger partial charge in [-0.05, 0) is 43.5 Å². The summed E-state index contributed by atoms with van der Waals surface area (Å²) in [4.78, 5) is 32.8. The highest BCUT2D eigenvalue weighted by Gasteiger charge is 2.25. The molecule has 0 saturated heterocycles. The van der Waals surface area contributed by atoms with Crippen molar-refractivity contribution < 1.29 is 19.4 Å². The van der Waals surface area contributed by atoms with Crippen LogP contribution < -0.4 is 5.32 Å². The number of phenolic OH excluding ortho intramolecular Hbond substituents is 1. The largest absolute Gasteiger partial charge is 0.505 e. The fourth-order valence-corrected chi connectivity index (χ4v) is 3.68. The molecule has 166 valence electrons. The van der Waals surface area contributed by atoms with Crippen LogP contribution in [0.15, 0.2) is 60.9 Å². The number of nitrogens with zero attached hydrogens (tertiary/aromatic N) is 1. The van der Waals surface area contributed by atoms with Gasteiger partial charge in [0.15, 0.2) is 5.75 Å². The average molecular weight is 434 g/mol. The number of aromatic amines is 1. The molecule has 2 aromatic heterocycles. The number of aromatic nitrogens is 2. The number of aromatic hydroxyl groups is 1. The lowest BCUT2D eigenvalue weighted by Crippen LogP contribution is -2.42. The second-order valence-corrected chi connectivity index (χ2v) is 7.21. The lowest BCUT2D eigenvalue weighted by molar-refractivity contribution is -0.145. The highest BCUT2D eigenvalue weighted by atomic mass is 16.5. The summed E-state index contributed by atoms with van der Waals surface area (Å²) in [6, 6.07) is 13.9. The van der Waals surface area contributed by atoms with Crippen LogP contribution in [0.25, 0.3) is 21.8 Å². The molecule has 0 aliphatic rings. The number of nitrogens with one attached hydrogen (secondary N) is 2. The topological polar surface area (TPSA) is 104 Å². The van der Waals surface area contributed by atoms with Gasteiger partial charge < -0.3 is 20.1 Å². The van der Waals surface area contributed by atoms with Gasteiger partial charge in [-0.2, -0.15) is 0 Å². The molecule has 7 nitrogen and oxygen atoms in total. The maximum atomic E-state index is 12.9. The summed E-state index contributed by atoms with van der Waals surface area (Å²) in [5, 5.41) is 15.1. The molecule has 0 bridgehead atoms. The van der Waals surface area contributed by atoms with Crippen LogP contribution in [0.5, 0.6) is 5.75 Å². The van der Waals surface area contributed by atoms with E-state index in [4.69, 9.17) is 4.74 Å². The molecular weight excluding hydrogens is 406 g/mol. The molecule has 1 amide bonds. The van der Waals surface area contributed by atoms with E-state index in [-0.39, 0.29) is 25.3 Å². The minimum atomic E-state index is -0.847. The first kappa shape index (κ1) is 22.8. The maximum absolute atomic E-state index is 12.9. The molecule has 0 saturated carbocycles. The Bertz CT molecular complexity index is 1250. The van der Waals surface area contributed by atoms with Crippen molar-refractivity contribution in [2.24, 2.45) is 0 Å². The van der Waals surface area contributed by atoms with Crippen molar-refractivity contribution >= 4 is 33.7 Å². The molecule has 1 unspecified atom stereocenters. The highest BCUT2D eigenvalue weighted by Crippen LogP contribution is 2.27. The van der Waals surface area contributed by atoms with E-state index in [1.165, 1.54) is 6.07 Å². The lowest BCUT2D eigenvalue weighted by atomic mass is 10.0. The molecule has 7 heteroatoms. The van der Waals surface area contributed by atoms with E-state index in [0.29, 0.717) is 18.4 Å². The van der Waals surface area contributed by atoms with Gasteiger partial charge in [0.05, 0.1) is 12.2 Å². The number of H-pyrrole nitrogens is 1. The Morgan fingerprint density at radius 3 is 2.78 bits per heavy atom. The Labute approximate surface area is 186 Å². The minimum absolute atomic E-state index is 0. The number of hydrogen-bond donors (Lipinski definition) is 3. The van der Waals surface area contributed by atoms with Crippen LogP contribution in [0.4, 0.5) is 0 Å². The van der Waals surface area contributed by atoms with Crippen molar-refractivity contribution in [2.45, 2.75) is 33.2 Å². The molecule has 0 aliphatic carbocycles. The predicted molar refractivity (Wildman–Crippen MR) is 125 cm³/mol. The fraction of sp³-hybridized carbons (Fsp3) is 0.240. The Morgan fingerprint density at radius 1 is 1.16 bits per heavy atom. The number of carbonyl (C=O) groups excluding carboxylic acids is 2. The van der Waals surface area contributed by atoms with Crippen molar-refractivity contribution in [3.05, 3.63) is 72.1 Å². The number of phenols is 1. The van der Waals surface area contributed by atoms with Gasteiger partial charge in [0, 0.05) is 28.7 Å². The molecule has 2 heterocycles. The standard InChI is InChI=1S/C24H23N3O4.CH4/c1-2-31-24(30)20(12-10-16-14-26-19-8-4-3-7-17(16)19)27-23(29)18-11-9-15-6-5-13-25-21(15)22(18)28;/h3-9,11,13-14,20,26,28H,2,10,12H2,1H3,(H,27,29);1H4. The number of benzene rings is 2. The van der Waals surface area contributed by atoms with E-state index in [2.05, 4.69) is 15.3 Å². The molecule has 0 aliphatic heterocycles. The SMILES string of the molecule is C.CCOC(=O)C(CCc1c[nH]c2ccccc12)NC(=O)c1ccc2cccnc2c1O. The zero-order chi connectivity index (χ0) is 21.8. The predicted octanol–water partition coefficient (Wildman–Crippen LogP) is 4.35. The number of amides is 1. The second kappa shape index (κ2) is 9.96. The number of para-hydroxylation sites is 1. The Hall–Kier alpha value is -3.87. The van der Waals surface area contributed by atoms with Gasteiger partial charge in [-0.3, -0.25) is 9.78 Å². The maximum Gasteiger partial charge on any atom is 0.328 e.